The molecule has 0 amide bonds. The zero-order valence-electron chi connectivity index (χ0n) is 9.60. The van der Waals surface area contributed by atoms with Gasteiger partial charge in [-0.2, -0.15) is 0 Å². The molecule has 1 heteroatoms. The highest BCUT2D eigenvalue weighted by atomic mass is 16.5. The molecule has 0 fully saturated rings. The van der Waals surface area contributed by atoms with Crippen LogP contribution in [-0.2, 0) is 13.0 Å². The summed E-state index contributed by atoms with van der Waals surface area (Å²) in [7, 11) is 0. The van der Waals surface area contributed by atoms with Crippen LogP contribution < -0.4 is 4.74 Å². The molecule has 0 radical (unpaired) electrons. The molecule has 0 aliphatic heterocycles. The Balaban J connectivity index is 2.00. The molecule has 0 unspecified atom stereocenters. The average Bonchev–Trinajstić information content (AvgIpc) is 2.39. The summed E-state index contributed by atoms with van der Waals surface area (Å²) in [5.41, 5.74) is 2.27. The third kappa shape index (κ3) is 3.39. The van der Waals surface area contributed by atoms with Crippen molar-refractivity contribution in [2.45, 2.75) is 13.0 Å². The molecule has 0 atom stereocenters. The monoisotopic (exact) mass is 222 g/mol. The molecule has 0 aliphatic carbocycles. The van der Waals surface area contributed by atoms with Gasteiger partial charge in [-0.05, 0) is 23.3 Å². The molecule has 1 nitrogen and oxygen atoms in total. The van der Waals surface area contributed by atoms with E-state index in [9.17, 15) is 0 Å². The fraction of sp³-hybridized carbons (Fsp3) is 0.125. The SMILES string of the molecule is C#CCc1cccc(OCc2ccccc2)c1. The van der Waals surface area contributed by atoms with E-state index in [-0.39, 0.29) is 0 Å². The van der Waals surface area contributed by atoms with Gasteiger partial charge in [0, 0.05) is 6.42 Å². The summed E-state index contributed by atoms with van der Waals surface area (Å²) in [5, 5.41) is 0. The van der Waals surface area contributed by atoms with Crippen molar-refractivity contribution in [3.63, 3.8) is 0 Å². The highest BCUT2D eigenvalue weighted by Crippen LogP contribution is 2.15. The number of hydrogen-bond donors (Lipinski definition) is 0. The molecule has 2 aromatic rings. The Bertz CT molecular complexity index is 509. The van der Waals surface area contributed by atoms with Gasteiger partial charge >= 0.3 is 0 Å². The van der Waals surface area contributed by atoms with Gasteiger partial charge in [0.05, 0.1) is 0 Å². The van der Waals surface area contributed by atoms with E-state index >= 15 is 0 Å². The minimum atomic E-state index is 0.584. The van der Waals surface area contributed by atoms with Gasteiger partial charge in [0.25, 0.3) is 0 Å². The van der Waals surface area contributed by atoms with E-state index in [1.54, 1.807) is 0 Å². The Morgan fingerprint density at radius 2 is 1.71 bits per heavy atom. The second-order valence-corrected chi connectivity index (χ2v) is 3.80. The van der Waals surface area contributed by atoms with Gasteiger partial charge < -0.3 is 4.74 Å². The highest BCUT2D eigenvalue weighted by molar-refractivity contribution is 5.30. The maximum absolute atomic E-state index is 5.71. The minimum Gasteiger partial charge on any atom is -0.489 e. The van der Waals surface area contributed by atoms with Crippen molar-refractivity contribution in [2.75, 3.05) is 0 Å². The van der Waals surface area contributed by atoms with Gasteiger partial charge in [-0.1, -0.05) is 42.5 Å². The molecular weight excluding hydrogens is 208 g/mol. The molecule has 0 heterocycles. The summed E-state index contributed by atoms with van der Waals surface area (Å²) in [6.07, 6.45) is 5.93. The van der Waals surface area contributed by atoms with E-state index in [0.29, 0.717) is 13.0 Å². The molecule has 0 N–H and O–H groups in total. The van der Waals surface area contributed by atoms with E-state index in [1.165, 1.54) is 0 Å². The summed E-state index contributed by atoms with van der Waals surface area (Å²) in [6.45, 7) is 0.584. The predicted octanol–water partition coefficient (Wildman–Crippen LogP) is 3.44. The molecule has 2 rings (SSSR count). The Labute approximate surface area is 102 Å². The maximum atomic E-state index is 5.71. The number of terminal acetylenes is 1. The molecule has 0 spiro atoms. The Kier molecular flexibility index (Phi) is 3.83. The number of ether oxygens (including phenoxy) is 1. The second-order valence-electron chi connectivity index (χ2n) is 3.80. The number of rotatable bonds is 4. The second kappa shape index (κ2) is 5.77. The zero-order valence-corrected chi connectivity index (χ0v) is 9.60. The Hall–Kier alpha value is -2.20. The minimum absolute atomic E-state index is 0.584. The first kappa shape index (κ1) is 11.3. The molecule has 84 valence electrons. The Morgan fingerprint density at radius 3 is 2.47 bits per heavy atom. The largest absolute Gasteiger partial charge is 0.489 e. The van der Waals surface area contributed by atoms with Crippen molar-refractivity contribution >= 4 is 0 Å². The van der Waals surface area contributed by atoms with Crippen LogP contribution in [0.4, 0.5) is 0 Å². The van der Waals surface area contributed by atoms with E-state index in [4.69, 9.17) is 11.2 Å². The smallest absolute Gasteiger partial charge is 0.120 e. The summed E-state index contributed by atoms with van der Waals surface area (Å²) in [5.74, 6) is 3.49. The number of benzene rings is 2. The summed E-state index contributed by atoms with van der Waals surface area (Å²) in [6, 6.07) is 18.0. The lowest BCUT2D eigenvalue weighted by Crippen LogP contribution is -1.95. The lowest BCUT2D eigenvalue weighted by molar-refractivity contribution is 0.306. The van der Waals surface area contributed by atoms with Crippen molar-refractivity contribution in [2.24, 2.45) is 0 Å². The quantitative estimate of drug-likeness (QED) is 0.720. The number of hydrogen-bond acceptors (Lipinski definition) is 1. The third-order valence-electron chi connectivity index (χ3n) is 2.45. The van der Waals surface area contributed by atoms with E-state index in [0.717, 1.165) is 16.9 Å². The topological polar surface area (TPSA) is 9.23 Å². The molecule has 0 saturated carbocycles. The van der Waals surface area contributed by atoms with Crippen LogP contribution in [-0.4, -0.2) is 0 Å². The van der Waals surface area contributed by atoms with E-state index < -0.39 is 0 Å². The molecule has 0 aliphatic rings. The molecule has 0 aromatic heterocycles. The first-order valence-corrected chi connectivity index (χ1v) is 5.57. The van der Waals surface area contributed by atoms with Gasteiger partial charge in [-0.3, -0.25) is 0 Å². The van der Waals surface area contributed by atoms with Crippen molar-refractivity contribution in [1.29, 1.82) is 0 Å². The van der Waals surface area contributed by atoms with Crippen LogP contribution in [0.1, 0.15) is 11.1 Å². The summed E-state index contributed by atoms with van der Waals surface area (Å²) in [4.78, 5) is 0. The molecule has 2 aromatic carbocycles. The van der Waals surface area contributed by atoms with E-state index in [2.05, 4.69) is 5.92 Å². The average molecular weight is 222 g/mol. The standard InChI is InChI=1S/C16H14O/c1-2-7-14-10-6-11-16(12-14)17-13-15-8-4-3-5-9-15/h1,3-6,8-12H,7,13H2. The molecule has 17 heavy (non-hydrogen) atoms. The normalized spacial score (nSPS) is 9.59. The van der Waals surface area contributed by atoms with E-state index in [1.807, 2.05) is 54.6 Å². The maximum Gasteiger partial charge on any atom is 0.120 e. The first-order valence-electron chi connectivity index (χ1n) is 5.57. The van der Waals surface area contributed by atoms with Crippen LogP contribution in [0.2, 0.25) is 0 Å². The van der Waals surface area contributed by atoms with Crippen molar-refractivity contribution < 1.29 is 4.74 Å². The van der Waals surface area contributed by atoms with Crippen LogP contribution in [0.3, 0.4) is 0 Å². The first-order chi connectivity index (χ1) is 8.38. The summed E-state index contributed by atoms with van der Waals surface area (Å²) >= 11 is 0. The van der Waals surface area contributed by atoms with Gasteiger partial charge in [-0.25, -0.2) is 0 Å². The van der Waals surface area contributed by atoms with Crippen LogP contribution in [0.5, 0.6) is 5.75 Å². The zero-order chi connectivity index (χ0) is 11.9. The van der Waals surface area contributed by atoms with Crippen LogP contribution in [0, 0.1) is 12.3 Å². The van der Waals surface area contributed by atoms with Gasteiger partial charge in [0.1, 0.15) is 12.4 Å². The van der Waals surface area contributed by atoms with Crippen LogP contribution in [0.15, 0.2) is 54.6 Å². The van der Waals surface area contributed by atoms with Crippen LogP contribution in [0.25, 0.3) is 0 Å². The third-order valence-corrected chi connectivity index (χ3v) is 2.45. The lowest BCUT2D eigenvalue weighted by atomic mass is 10.1. The summed E-state index contributed by atoms with van der Waals surface area (Å²) < 4.78 is 5.71. The van der Waals surface area contributed by atoms with Crippen molar-refractivity contribution in [3.8, 4) is 18.1 Å². The fourth-order valence-corrected chi connectivity index (χ4v) is 1.60. The van der Waals surface area contributed by atoms with Crippen LogP contribution >= 0.6 is 0 Å². The van der Waals surface area contributed by atoms with Gasteiger partial charge in [0.2, 0.25) is 0 Å². The lowest BCUT2D eigenvalue weighted by Gasteiger charge is -2.07. The predicted molar refractivity (Wildman–Crippen MR) is 69.8 cm³/mol. The molecule has 0 saturated heterocycles. The fourth-order valence-electron chi connectivity index (χ4n) is 1.60. The van der Waals surface area contributed by atoms with Crippen molar-refractivity contribution in [1.82, 2.24) is 0 Å². The van der Waals surface area contributed by atoms with Crippen molar-refractivity contribution in [3.05, 3.63) is 65.7 Å². The van der Waals surface area contributed by atoms with Gasteiger partial charge in [-0.15, -0.1) is 12.3 Å². The molecular formula is C16H14O. The van der Waals surface area contributed by atoms with Gasteiger partial charge in [0.15, 0.2) is 0 Å². The Morgan fingerprint density at radius 1 is 0.941 bits per heavy atom. The molecule has 0 bridgehead atoms. The highest BCUT2D eigenvalue weighted by Gasteiger charge is 1.97.